The molecular weight excluding hydrogens is 232 g/mol. The number of carbonyl (C=O) groups is 1. The number of hydrogen-bond acceptors (Lipinski definition) is 3. The van der Waals surface area contributed by atoms with Gasteiger partial charge in [-0.3, -0.25) is 15.1 Å². The number of hydrogen-bond donors (Lipinski definition) is 1. The number of nitrogens with zero attached hydrogens (tertiary/aromatic N) is 1. The molecule has 4 heteroatoms. The molecule has 0 atom stereocenters. The summed E-state index contributed by atoms with van der Waals surface area (Å²) in [5.41, 5.74) is 0.781. The second-order valence-electron chi connectivity index (χ2n) is 3.85. The van der Waals surface area contributed by atoms with Gasteiger partial charge in [0.25, 0.3) is 0 Å². The van der Waals surface area contributed by atoms with Crippen molar-refractivity contribution in [3.8, 4) is 0 Å². The largest absolute Gasteiger partial charge is 0.278 e. The molecule has 3 nitrogen and oxygen atoms in total. The second kappa shape index (κ2) is 3.89. The Kier molecular flexibility index (Phi) is 2.37. The molecule has 0 unspecified atom stereocenters. The lowest BCUT2D eigenvalue weighted by Gasteiger charge is -2.15. The van der Waals surface area contributed by atoms with Crippen LogP contribution in [-0.2, 0) is 4.79 Å². The van der Waals surface area contributed by atoms with E-state index in [-0.39, 0.29) is 5.91 Å². The van der Waals surface area contributed by atoms with Gasteiger partial charge in [0.05, 0.1) is 11.4 Å². The van der Waals surface area contributed by atoms with Crippen molar-refractivity contribution in [3.63, 3.8) is 0 Å². The van der Waals surface area contributed by atoms with Crippen molar-refractivity contribution in [2.75, 3.05) is 10.7 Å². The number of benzene rings is 2. The molecule has 1 N–H and O–H groups in total. The fourth-order valence-corrected chi connectivity index (χ4v) is 2.68. The fraction of sp³-hybridized carbons (Fsp3) is 0.0769. The summed E-state index contributed by atoms with van der Waals surface area (Å²) in [4.78, 5) is 13.2. The van der Waals surface area contributed by atoms with E-state index in [2.05, 4.69) is 0 Å². The summed E-state index contributed by atoms with van der Waals surface area (Å²) in [6.45, 7) is 0. The highest BCUT2D eigenvalue weighted by molar-refractivity contribution is 8.15. The minimum absolute atomic E-state index is 0.0183. The van der Waals surface area contributed by atoms with Gasteiger partial charge in [-0.15, -0.1) is 0 Å². The molecule has 0 saturated carbocycles. The maximum Gasteiger partial charge on any atom is 0.243 e. The van der Waals surface area contributed by atoms with Crippen LogP contribution in [0.15, 0.2) is 42.5 Å². The normalized spacial score (nSPS) is 15.9. The van der Waals surface area contributed by atoms with E-state index in [1.54, 1.807) is 0 Å². The van der Waals surface area contributed by atoms with Gasteiger partial charge in [-0.25, -0.2) is 0 Å². The van der Waals surface area contributed by atoms with Crippen LogP contribution in [0, 0.1) is 5.41 Å². The molecule has 0 bridgehead atoms. The molecule has 1 aliphatic rings. The summed E-state index contributed by atoms with van der Waals surface area (Å²) < 4.78 is 0. The van der Waals surface area contributed by atoms with E-state index in [1.807, 2.05) is 42.5 Å². The van der Waals surface area contributed by atoms with Crippen molar-refractivity contribution in [1.29, 1.82) is 5.41 Å². The summed E-state index contributed by atoms with van der Waals surface area (Å²) in [6, 6.07) is 13.8. The highest BCUT2D eigenvalue weighted by Gasteiger charge is 2.28. The van der Waals surface area contributed by atoms with E-state index in [1.165, 1.54) is 16.7 Å². The Balaban J connectivity index is 2.12. The van der Waals surface area contributed by atoms with Gasteiger partial charge in [-0.1, -0.05) is 42.1 Å². The van der Waals surface area contributed by atoms with Gasteiger partial charge in [0.15, 0.2) is 5.17 Å². The van der Waals surface area contributed by atoms with Gasteiger partial charge in [0, 0.05) is 0 Å². The molecule has 0 spiro atoms. The topological polar surface area (TPSA) is 44.2 Å². The maximum atomic E-state index is 11.7. The summed E-state index contributed by atoms with van der Waals surface area (Å²) in [5.74, 6) is 0.348. The molecule has 0 radical (unpaired) electrons. The maximum absolute atomic E-state index is 11.7. The second-order valence-corrected chi connectivity index (χ2v) is 4.82. The van der Waals surface area contributed by atoms with Crippen LogP contribution in [0.5, 0.6) is 0 Å². The van der Waals surface area contributed by atoms with E-state index < -0.39 is 0 Å². The third kappa shape index (κ3) is 1.70. The summed E-state index contributed by atoms with van der Waals surface area (Å²) in [7, 11) is 0. The Morgan fingerprint density at radius 2 is 1.88 bits per heavy atom. The highest BCUT2D eigenvalue weighted by atomic mass is 32.2. The molecule has 3 rings (SSSR count). The minimum Gasteiger partial charge on any atom is -0.278 e. The van der Waals surface area contributed by atoms with Crippen molar-refractivity contribution < 1.29 is 4.79 Å². The van der Waals surface area contributed by atoms with Crippen molar-refractivity contribution in [2.45, 2.75) is 0 Å². The van der Waals surface area contributed by atoms with Gasteiger partial charge < -0.3 is 0 Å². The molecule has 2 aromatic rings. The lowest BCUT2D eigenvalue weighted by molar-refractivity contribution is -0.115. The van der Waals surface area contributed by atoms with Crippen molar-refractivity contribution in [3.05, 3.63) is 42.5 Å². The van der Waals surface area contributed by atoms with Crippen molar-refractivity contribution >= 4 is 39.3 Å². The van der Waals surface area contributed by atoms with Crippen LogP contribution in [0.2, 0.25) is 0 Å². The van der Waals surface area contributed by atoms with E-state index in [0.717, 1.165) is 16.5 Å². The zero-order valence-corrected chi connectivity index (χ0v) is 9.83. The molecule has 0 aliphatic carbocycles. The first-order valence-electron chi connectivity index (χ1n) is 5.29. The number of anilines is 1. The van der Waals surface area contributed by atoms with Gasteiger partial charge in [0.1, 0.15) is 0 Å². The van der Waals surface area contributed by atoms with Crippen LogP contribution < -0.4 is 4.90 Å². The van der Waals surface area contributed by atoms with E-state index in [9.17, 15) is 4.79 Å². The van der Waals surface area contributed by atoms with Crippen molar-refractivity contribution in [2.24, 2.45) is 0 Å². The van der Waals surface area contributed by atoms with Crippen LogP contribution in [-0.4, -0.2) is 16.8 Å². The zero-order valence-electron chi connectivity index (χ0n) is 9.01. The minimum atomic E-state index is -0.0183. The first kappa shape index (κ1) is 10.4. The number of rotatable bonds is 1. The monoisotopic (exact) mass is 242 g/mol. The third-order valence-electron chi connectivity index (χ3n) is 2.78. The molecule has 84 valence electrons. The van der Waals surface area contributed by atoms with Gasteiger partial charge in [-0.2, -0.15) is 0 Å². The summed E-state index contributed by atoms with van der Waals surface area (Å²) >= 11 is 1.27. The van der Waals surface area contributed by atoms with Gasteiger partial charge in [0.2, 0.25) is 5.91 Å². The first-order chi connectivity index (χ1) is 8.25. The van der Waals surface area contributed by atoms with E-state index in [0.29, 0.717) is 10.9 Å². The van der Waals surface area contributed by atoms with Gasteiger partial charge in [-0.05, 0) is 22.9 Å². The number of amides is 1. The fourth-order valence-electron chi connectivity index (χ4n) is 1.95. The van der Waals surface area contributed by atoms with Crippen LogP contribution in [0.1, 0.15) is 0 Å². The smallest absolute Gasteiger partial charge is 0.243 e. The van der Waals surface area contributed by atoms with E-state index >= 15 is 0 Å². The molecule has 1 aliphatic heterocycles. The lowest BCUT2D eigenvalue weighted by Crippen LogP contribution is -2.28. The Hall–Kier alpha value is -1.81. The predicted octanol–water partition coefficient (Wildman–Crippen LogP) is 2.85. The third-order valence-corrected chi connectivity index (χ3v) is 3.62. The molecule has 17 heavy (non-hydrogen) atoms. The van der Waals surface area contributed by atoms with Crippen molar-refractivity contribution in [1.82, 2.24) is 0 Å². The first-order valence-corrected chi connectivity index (χ1v) is 6.27. The number of amidine groups is 1. The average Bonchev–Trinajstić information content (AvgIpc) is 2.68. The average molecular weight is 242 g/mol. The van der Waals surface area contributed by atoms with Crippen LogP contribution in [0.4, 0.5) is 5.69 Å². The Bertz CT molecular complexity index is 608. The number of fused-ring (bicyclic) bond motifs is 1. The number of thioether (sulfide) groups is 1. The summed E-state index contributed by atoms with van der Waals surface area (Å²) in [5, 5.41) is 10.3. The number of nitrogens with one attached hydrogen (secondary N) is 1. The van der Waals surface area contributed by atoms with E-state index in [4.69, 9.17) is 5.41 Å². The molecule has 1 amide bonds. The lowest BCUT2D eigenvalue weighted by atomic mass is 10.1. The van der Waals surface area contributed by atoms with Gasteiger partial charge >= 0.3 is 0 Å². The Labute approximate surface area is 103 Å². The predicted molar refractivity (Wildman–Crippen MR) is 71.6 cm³/mol. The quantitative estimate of drug-likeness (QED) is 0.835. The Morgan fingerprint density at radius 1 is 1.12 bits per heavy atom. The summed E-state index contributed by atoms with van der Waals surface area (Å²) in [6.07, 6.45) is 0. The SMILES string of the molecule is N=C1SCC(=O)N1c1ccc2ccccc2c1. The highest BCUT2D eigenvalue weighted by Crippen LogP contribution is 2.28. The van der Waals surface area contributed by atoms with Crippen LogP contribution in [0.25, 0.3) is 10.8 Å². The molecule has 1 saturated heterocycles. The number of carbonyl (C=O) groups excluding carboxylic acids is 1. The molecular formula is C13H10N2OS. The van der Waals surface area contributed by atoms with Crippen LogP contribution in [0.3, 0.4) is 0 Å². The van der Waals surface area contributed by atoms with Crippen LogP contribution >= 0.6 is 11.8 Å². The standard InChI is InChI=1S/C13H10N2OS/c14-13-15(12(16)8-17-13)11-6-5-9-3-1-2-4-10(9)7-11/h1-7,14H,8H2. The zero-order chi connectivity index (χ0) is 11.8. The molecule has 1 fully saturated rings. The molecule has 1 heterocycles. The molecule has 2 aromatic carbocycles. The molecule has 0 aromatic heterocycles. The Morgan fingerprint density at radius 3 is 2.59 bits per heavy atom.